The van der Waals surface area contributed by atoms with Gasteiger partial charge in [0.15, 0.2) is 0 Å². The van der Waals surface area contributed by atoms with Crippen molar-refractivity contribution in [2.24, 2.45) is 0 Å². The van der Waals surface area contributed by atoms with Crippen LogP contribution in [-0.4, -0.2) is 0 Å². The monoisotopic (exact) mass is 123 g/mol. The molecule has 0 nitrogen and oxygen atoms in total. The summed E-state index contributed by atoms with van der Waals surface area (Å²) in [6, 6.07) is 4.11. The van der Waals surface area contributed by atoms with Crippen molar-refractivity contribution in [2.75, 3.05) is 0 Å². The highest BCUT2D eigenvalue weighted by molar-refractivity contribution is 7.09. The highest BCUT2D eigenvalue weighted by Gasteiger charge is 1.87. The van der Waals surface area contributed by atoms with Gasteiger partial charge in [0.2, 0.25) is 0 Å². The van der Waals surface area contributed by atoms with Gasteiger partial charge in [-0.05, 0) is 31.2 Å². The molecule has 1 aromatic heterocycles. The Labute approximate surface area is 54.2 Å². The molecule has 0 spiro atoms. The SMILES string of the molecule is [CH][CH]Cc1cccs1. The van der Waals surface area contributed by atoms with E-state index in [1.54, 1.807) is 17.8 Å². The van der Waals surface area contributed by atoms with Crippen LogP contribution >= 0.6 is 11.3 Å². The Morgan fingerprint density at radius 3 is 3.12 bits per heavy atom. The van der Waals surface area contributed by atoms with Crippen LogP contribution in [0.5, 0.6) is 0 Å². The average Bonchev–Trinajstić information content (AvgIpc) is 2.19. The van der Waals surface area contributed by atoms with Crippen molar-refractivity contribution in [3.63, 3.8) is 0 Å². The van der Waals surface area contributed by atoms with Crippen LogP contribution in [-0.2, 0) is 6.42 Å². The Balaban J connectivity index is 2.50. The molecule has 0 unspecified atom stereocenters. The van der Waals surface area contributed by atoms with E-state index in [2.05, 4.69) is 11.4 Å². The van der Waals surface area contributed by atoms with Gasteiger partial charge in [0, 0.05) is 4.88 Å². The quantitative estimate of drug-likeness (QED) is 0.565. The normalized spacial score (nSPS) is 9.62. The number of hydrogen-bond acceptors (Lipinski definition) is 1. The van der Waals surface area contributed by atoms with Crippen LogP contribution in [0.25, 0.3) is 0 Å². The molecule has 0 aliphatic carbocycles. The Hall–Kier alpha value is -0.300. The van der Waals surface area contributed by atoms with Crippen molar-refractivity contribution in [3.8, 4) is 0 Å². The first-order valence-corrected chi connectivity index (χ1v) is 3.37. The third-order valence-electron chi connectivity index (χ3n) is 0.899. The molecule has 0 N–H and O–H groups in total. The molecule has 0 aliphatic heterocycles. The van der Waals surface area contributed by atoms with E-state index in [0.717, 1.165) is 6.42 Å². The molecule has 0 bridgehead atoms. The molecule has 0 fully saturated rings. The van der Waals surface area contributed by atoms with E-state index in [9.17, 15) is 0 Å². The molecule has 1 heteroatoms. The second kappa shape index (κ2) is 2.88. The summed E-state index contributed by atoms with van der Waals surface area (Å²) in [5.41, 5.74) is 0. The third kappa shape index (κ3) is 1.34. The summed E-state index contributed by atoms with van der Waals surface area (Å²) in [6.07, 6.45) is 2.57. The first-order valence-electron chi connectivity index (χ1n) is 2.49. The van der Waals surface area contributed by atoms with Gasteiger partial charge >= 0.3 is 0 Å². The fourth-order valence-electron chi connectivity index (χ4n) is 0.545. The molecule has 41 valence electrons. The fourth-order valence-corrected chi connectivity index (χ4v) is 1.23. The van der Waals surface area contributed by atoms with Gasteiger partial charge in [-0.2, -0.15) is 0 Å². The van der Waals surface area contributed by atoms with E-state index in [0.29, 0.717) is 0 Å². The summed E-state index contributed by atoms with van der Waals surface area (Å²) in [7, 11) is 0. The van der Waals surface area contributed by atoms with Gasteiger partial charge in [-0.15, -0.1) is 11.3 Å². The van der Waals surface area contributed by atoms with E-state index in [4.69, 9.17) is 6.92 Å². The molecule has 0 aliphatic rings. The van der Waals surface area contributed by atoms with E-state index in [1.807, 2.05) is 6.07 Å². The van der Waals surface area contributed by atoms with Crippen LogP contribution in [0.15, 0.2) is 17.5 Å². The minimum absolute atomic E-state index is 0.900. The second-order valence-electron chi connectivity index (χ2n) is 1.52. The summed E-state index contributed by atoms with van der Waals surface area (Å²) in [4.78, 5) is 1.33. The predicted octanol–water partition coefficient (Wildman–Crippen LogP) is 2.21. The highest BCUT2D eigenvalue weighted by atomic mass is 32.1. The van der Waals surface area contributed by atoms with Crippen molar-refractivity contribution in [3.05, 3.63) is 35.7 Å². The zero-order valence-corrected chi connectivity index (χ0v) is 5.32. The maximum atomic E-state index is 5.20. The molecule has 0 amide bonds. The van der Waals surface area contributed by atoms with Gasteiger partial charge in [0.1, 0.15) is 0 Å². The van der Waals surface area contributed by atoms with Gasteiger partial charge in [0.25, 0.3) is 0 Å². The number of thiophene rings is 1. The minimum Gasteiger partial charge on any atom is -0.149 e. The summed E-state index contributed by atoms with van der Waals surface area (Å²) in [5.74, 6) is 0. The van der Waals surface area contributed by atoms with Crippen LogP contribution in [0.2, 0.25) is 0 Å². The zero-order chi connectivity index (χ0) is 5.82. The Bertz CT molecular complexity index is 130. The fraction of sp³-hybridized carbons (Fsp3) is 0.143. The van der Waals surface area contributed by atoms with Gasteiger partial charge in [-0.25, -0.2) is 0 Å². The van der Waals surface area contributed by atoms with Crippen LogP contribution in [0.3, 0.4) is 0 Å². The third-order valence-corrected chi connectivity index (χ3v) is 1.80. The molecule has 3 radical (unpaired) electrons. The van der Waals surface area contributed by atoms with Crippen LogP contribution in [0.1, 0.15) is 4.88 Å². The van der Waals surface area contributed by atoms with Crippen molar-refractivity contribution in [1.29, 1.82) is 0 Å². The zero-order valence-electron chi connectivity index (χ0n) is 4.50. The summed E-state index contributed by atoms with van der Waals surface area (Å²) >= 11 is 1.74. The van der Waals surface area contributed by atoms with Gasteiger partial charge in [0.05, 0.1) is 0 Å². The molecule has 0 atom stereocenters. The first-order chi connectivity index (χ1) is 3.93. The van der Waals surface area contributed by atoms with Crippen LogP contribution < -0.4 is 0 Å². The summed E-state index contributed by atoms with van der Waals surface area (Å²) in [5, 5.41) is 2.05. The molecule has 1 aromatic rings. The summed E-state index contributed by atoms with van der Waals surface area (Å²) < 4.78 is 0. The molecule has 1 rings (SSSR count). The van der Waals surface area contributed by atoms with Crippen LogP contribution in [0, 0.1) is 13.3 Å². The Morgan fingerprint density at radius 2 is 2.62 bits per heavy atom. The predicted molar refractivity (Wildman–Crippen MR) is 36.6 cm³/mol. The Morgan fingerprint density at radius 1 is 1.75 bits per heavy atom. The molecule has 0 saturated carbocycles. The lowest BCUT2D eigenvalue weighted by molar-refractivity contribution is 1.25. The van der Waals surface area contributed by atoms with Crippen molar-refractivity contribution >= 4 is 11.3 Å². The van der Waals surface area contributed by atoms with Crippen LogP contribution in [0.4, 0.5) is 0 Å². The van der Waals surface area contributed by atoms with E-state index < -0.39 is 0 Å². The Kier molecular flexibility index (Phi) is 2.10. The molecular weight excluding hydrogens is 116 g/mol. The lowest BCUT2D eigenvalue weighted by Crippen LogP contribution is -1.73. The smallest absolute Gasteiger partial charge is 0.00481 e. The molecular formula is C7H7S. The molecule has 0 aromatic carbocycles. The second-order valence-corrected chi connectivity index (χ2v) is 2.55. The van der Waals surface area contributed by atoms with Gasteiger partial charge < -0.3 is 0 Å². The molecule has 8 heavy (non-hydrogen) atoms. The number of rotatable bonds is 2. The molecule has 0 saturated heterocycles. The standard InChI is InChI=1S/C7H7S/c1-2-4-7-5-3-6-8-7/h1-3,5-6H,4H2. The molecule has 1 heterocycles. The first kappa shape index (κ1) is 5.83. The van der Waals surface area contributed by atoms with Crippen molar-refractivity contribution in [1.82, 2.24) is 0 Å². The lowest BCUT2D eigenvalue weighted by atomic mass is 10.3. The van der Waals surface area contributed by atoms with E-state index in [1.165, 1.54) is 4.88 Å². The van der Waals surface area contributed by atoms with Crippen molar-refractivity contribution < 1.29 is 0 Å². The van der Waals surface area contributed by atoms with Gasteiger partial charge in [-0.3, -0.25) is 0 Å². The minimum atomic E-state index is 0.900. The average molecular weight is 123 g/mol. The number of hydrogen-bond donors (Lipinski definition) is 0. The maximum Gasteiger partial charge on any atom is 0.00481 e. The van der Waals surface area contributed by atoms with E-state index in [-0.39, 0.29) is 0 Å². The van der Waals surface area contributed by atoms with Gasteiger partial charge in [-0.1, -0.05) is 6.07 Å². The largest absolute Gasteiger partial charge is 0.149 e. The lowest BCUT2D eigenvalue weighted by Gasteiger charge is -1.85. The topological polar surface area (TPSA) is 0 Å². The maximum absolute atomic E-state index is 5.20. The summed E-state index contributed by atoms with van der Waals surface area (Å²) in [6.45, 7) is 5.20. The highest BCUT2D eigenvalue weighted by Crippen LogP contribution is 2.09. The van der Waals surface area contributed by atoms with Crippen molar-refractivity contribution in [2.45, 2.75) is 6.42 Å². The van der Waals surface area contributed by atoms with E-state index >= 15 is 0 Å².